The van der Waals surface area contributed by atoms with Crippen LogP contribution >= 0.6 is 0 Å². The molecule has 2 heterocycles. The van der Waals surface area contributed by atoms with Gasteiger partial charge in [-0.05, 0) is 23.6 Å². The number of carbonyl (C=O) groups excluding carboxylic acids is 2. The van der Waals surface area contributed by atoms with Crippen LogP contribution in [-0.2, 0) is 16.0 Å². The Balaban J connectivity index is 1.56. The van der Waals surface area contributed by atoms with Gasteiger partial charge in [-0.2, -0.15) is 0 Å². The minimum absolute atomic E-state index is 0.134. The molecule has 0 spiro atoms. The van der Waals surface area contributed by atoms with E-state index in [-0.39, 0.29) is 18.1 Å². The second kappa shape index (κ2) is 7.67. The lowest BCUT2D eigenvalue weighted by Gasteiger charge is -2.26. The summed E-state index contributed by atoms with van der Waals surface area (Å²) in [6.07, 6.45) is -0.176. The van der Waals surface area contributed by atoms with Crippen LogP contribution in [0.4, 0.5) is 13.6 Å². The molecule has 28 heavy (non-hydrogen) atoms. The Hall–Kier alpha value is -2.80. The second-order valence-corrected chi connectivity index (χ2v) is 7.17. The summed E-state index contributed by atoms with van der Waals surface area (Å²) in [5, 5.41) is 3.09. The minimum Gasteiger partial charge on any atom is -0.447 e. The third-order valence-electron chi connectivity index (χ3n) is 5.41. The summed E-state index contributed by atoms with van der Waals surface area (Å²) < 4.78 is 32.7. The largest absolute Gasteiger partial charge is 0.447 e. The SMILES string of the molecule is O=C1OC[C@H](Cc2ccccc2)N1C(=O)[C@@H]1CNC[C@H]1c1ccc(F)cc1F. The fourth-order valence-electron chi connectivity index (χ4n) is 4.01. The first kappa shape index (κ1) is 18.6. The van der Waals surface area contributed by atoms with E-state index in [2.05, 4.69) is 5.32 Å². The number of rotatable bonds is 4. The molecule has 2 aliphatic rings. The number of hydrogen-bond donors (Lipinski definition) is 1. The molecule has 0 bridgehead atoms. The summed E-state index contributed by atoms with van der Waals surface area (Å²) in [6.45, 7) is 0.836. The molecule has 2 fully saturated rings. The van der Waals surface area contributed by atoms with Crippen molar-refractivity contribution < 1.29 is 23.1 Å². The molecule has 0 unspecified atom stereocenters. The number of imide groups is 1. The highest BCUT2D eigenvalue weighted by Gasteiger charge is 2.45. The van der Waals surface area contributed by atoms with E-state index in [0.29, 0.717) is 19.5 Å². The molecular weight excluding hydrogens is 366 g/mol. The standard InChI is InChI=1S/C21H20F2N2O3/c22-14-6-7-16(19(23)9-14)17-10-24-11-18(17)20(26)25-15(12-28-21(25)27)8-13-4-2-1-3-5-13/h1-7,9,15,17-18,24H,8,10-12H2/t15-,17-,18+/m0/s1. The van der Waals surface area contributed by atoms with Crippen molar-refractivity contribution in [1.82, 2.24) is 10.2 Å². The van der Waals surface area contributed by atoms with Gasteiger partial charge in [0.05, 0.1) is 12.0 Å². The number of halogens is 2. The number of cyclic esters (lactones) is 1. The third-order valence-corrected chi connectivity index (χ3v) is 5.41. The quantitative estimate of drug-likeness (QED) is 0.878. The number of nitrogens with one attached hydrogen (secondary N) is 1. The Labute approximate surface area is 161 Å². The van der Waals surface area contributed by atoms with Crippen LogP contribution in [0.1, 0.15) is 17.0 Å². The van der Waals surface area contributed by atoms with Crippen LogP contribution in [0.2, 0.25) is 0 Å². The maximum Gasteiger partial charge on any atom is 0.416 e. The molecular formula is C21H20F2N2O3. The summed E-state index contributed by atoms with van der Waals surface area (Å²) in [5.41, 5.74) is 1.27. The van der Waals surface area contributed by atoms with Crippen LogP contribution in [0.5, 0.6) is 0 Å². The zero-order valence-corrected chi connectivity index (χ0v) is 15.1. The van der Waals surface area contributed by atoms with E-state index < -0.39 is 35.6 Å². The molecule has 0 saturated carbocycles. The Morgan fingerprint density at radius 2 is 1.93 bits per heavy atom. The highest BCUT2D eigenvalue weighted by atomic mass is 19.1. The first-order valence-electron chi connectivity index (χ1n) is 9.24. The smallest absolute Gasteiger partial charge is 0.416 e. The minimum atomic E-state index is -0.684. The van der Waals surface area contributed by atoms with E-state index in [1.807, 2.05) is 30.3 Å². The lowest BCUT2D eigenvalue weighted by atomic mass is 9.87. The maximum absolute atomic E-state index is 14.3. The molecule has 0 aliphatic carbocycles. The van der Waals surface area contributed by atoms with Gasteiger partial charge in [0.25, 0.3) is 0 Å². The van der Waals surface area contributed by atoms with Gasteiger partial charge in [0.15, 0.2) is 0 Å². The van der Waals surface area contributed by atoms with Crippen LogP contribution in [-0.4, -0.2) is 42.6 Å². The van der Waals surface area contributed by atoms with Gasteiger partial charge in [0.1, 0.15) is 18.2 Å². The Kier molecular flexibility index (Phi) is 5.09. The van der Waals surface area contributed by atoms with Crippen molar-refractivity contribution in [2.45, 2.75) is 18.4 Å². The first-order chi connectivity index (χ1) is 13.5. The van der Waals surface area contributed by atoms with Gasteiger partial charge in [-0.1, -0.05) is 36.4 Å². The number of hydrogen-bond acceptors (Lipinski definition) is 4. The average molecular weight is 386 g/mol. The van der Waals surface area contributed by atoms with E-state index in [0.717, 1.165) is 11.6 Å². The van der Waals surface area contributed by atoms with Crippen LogP contribution in [0.25, 0.3) is 0 Å². The van der Waals surface area contributed by atoms with Crippen LogP contribution in [0.3, 0.4) is 0 Å². The summed E-state index contributed by atoms with van der Waals surface area (Å²) in [7, 11) is 0. The number of ether oxygens (including phenoxy) is 1. The second-order valence-electron chi connectivity index (χ2n) is 7.17. The lowest BCUT2D eigenvalue weighted by Crippen LogP contribution is -2.45. The van der Waals surface area contributed by atoms with Crippen molar-refractivity contribution in [2.75, 3.05) is 19.7 Å². The van der Waals surface area contributed by atoms with E-state index in [1.54, 1.807) is 0 Å². The monoisotopic (exact) mass is 386 g/mol. The molecule has 0 aromatic heterocycles. The van der Waals surface area contributed by atoms with Gasteiger partial charge >= 0.3 is 6.09 Å². The fourth-order valence-corrected chi connectivity index (χ4v) is 4.01. The zero-order chi connectivity index (χ0) is 19.7. The molecule has 0 radical (unpaired) electrons. The molecule has 146 valence electrons. The summed E-state index contributed by atoms with van der Waals surface area (Å²) >= 11 is 0. The van der Waals surface area contributed by atoms with E-state index >= 15 is 0 Å². The highest BCUT2D eigenvalue weighted by Crippen LogP contribution is 2.33. The van der Waals surface area contributed by atoms with Gasteiger partial charge in [-0.25, -0.2) is 18.5 Å². The maximum atomic E-state index is 14.3. The Morgan fingerprint density at radius 3 is 2.68 bits per heavy atom. The van der Waals surface area contributed by atoms with Gasteiger partial charge in [0, 0.05) is 25.1 Å². The van der Waals surface area contributed by atoms with Gasteiger partial charge in [-0.3, -0.25) is 4.79 Å². The van der Waals surface area contributed by atoms with Gasteiger partial charge in [-0.15, -0.1) is 0 Å². The molecule has 1 N–H and O–H groups in total. The van der Waals surface area contributed by atoms with Crippen molar-refractivity contribution in [3.63, 3.8) is 0 Å². The first-order valence-corrected chi connectivity index (χ1v) is 9.24. The highest BCUT2D eigenvalue weighted by molar-refractivity contribution is 5.95. The van der Waals surface area contributed by atoms with Crippen LogP contribution < -0.4 is 5.32 Å². The van der Waals surface area contributed by atoms with Crippen LogP contribution in [0, 0.1) is 17.6 Å². The summed E-state index contributed by atoms with van der Waals surface area (Å²) in [4.78, 5) is 26.6. The van der Waals surface area contributed by atoms with Crippen molar-refractivity contribution in [3.8, 4) is 0 Å². The number of carbonyl (C=O) groups is 2. The fraction of sp³-hybridized carbons (Fsp3) is 0.333. The van der Waals surface area contributed by atoms with Crippen LogP contribution in [0.15, 0.2) is 48.5 Å². The van der Waals surface area contributed by atoms with E-state index in [9.17, 15) is 18.4 Å². The molecule has 2 aromatic carbocycles. The molecule has 2 aliphatic heterocycles. The molecule has 5 nitrogen and oxygen atoms in total. The normalized spacial score (nSPS) is 24.4. The number of amides is 2. The van der Waals surface area contributed by atoms with Crippen molar-refractivity contribution in [3.05, 3.63) is 71.3 Å². The predicted octanol–water partition coefficient (Wildman–Crippen LogP) is 2.86. The number of benzene rings is 2. The Bertz CT molecular complexity index is 890. The van der Waals surface area contributed by atoms with Gasteiger partial charge < -0.3 is 10.1 Å². The molecule has 2 aromatic rings. The van der Waals surface area contributed by atoms with E-state index in [4.69, 9.17) is 4.74 Å². The molecule has 7 heteroatoms. The number of nitrogens with zero attached hydrogens (tertiary/aromatic N) is 1. The van der Waals surface area contributed by atoms with Crippen molar-refractivity contribution in [1.29, 1.82) is 0 Å². The Morgan fingerprint density at radius 1 is 1.14 bits per heavy atom. The summed E-state index contributed by atoms with van der Waals surface area (Å²) in [6, 6.07) is 12.5. The zero-order valence-electron chi connectivity index (χ0n) is 15.1. The van der Waals surface area contributed by atoms with Crippen molar-refractivity contribution in [2.24, 2.45) is 5.92 Å². The predicted molar refractivity (Wildman–Crippen MR) is 97.6 cm³/mol. The average Bonchev–Trinajstić information content (AvgIpc) is 3.29. The molecule has 3 atom stereocenters. The molecule has 2 amide bonds. The van der Waals surface area contributed by atoms with Crippen molar-refractivity contribution >= 4 is 12.0 Å². The van der Waals surface area contributed by atoms with Gasteiger partial charge in [0.2, 0.25) is 5.91 Å². The lowest BCUT2D eigenvalue weighted by molar-refractivity contribution is -0.133. The molecule has 2 saturated heterocycles. The van der Waals surface area contributed by atoms with E-state index in [1.165, 1.54) is 17.0 Å². The topological polar surface area (TPSA) is 58.6 Å². The molecule has 4 rings (SSSR count). The third kappa shape index (κ3) is 3.49. The summed E-state index contributed by atoms with van der Waals surface area (Å²) in [5.74, 6) is -2.83.